The molecule has 114 valence electrons. The Kier molecular flexibility index (Phi) is 4.56. The Labute approximate surface area is 134 Å². The molecule has 0 aliphatic heterocycles. The Morgan fingerprint density at radius 1 is 1.27 bits per heavy atom. The lowest BCUT2D eigenvalue weighted by Gasteiger charge is -2.16. The van der Waals surface area contributed by atoms with Crippen LogP contribution in [0.25, 0.3) is 11.3 Å². The topological polar surface area (TPSA) is 55.9 Å². The third kappa shape index (κ3) is 3.37. The molecule has 0 bridgehead atoms. The number of benzene rings is 1. The number of anilines is 1. The number of rotatable bonds is 6. The van der Waals surface area contributed by atoms with Gasteiger partial charge in [-0.05, 0) is 24.1 Å². The van der Waals surface area contributed by atoms with Crippen molar-refractivity contribution < 1.29 is 0 Å². The molecule has 4 nitrogen and oxygen atoms in total. The van der Waals surface area contributed by atoms with Crippen molar-refractivity contribution in [2.75, 3.05) is 11.9 Å². The van der Waals surface area contributed by atoms with Gasteiger partial charge in [-0.2, -0.15) is 5.10 Å². The van der Waals surface area contributed by atoms with Gasteiger partial charge in [-0.25, -0.2) is 0 Å². The second-order valence-electron chi connectivity index (χ2n) is 5.31. The largest absolute Gasteiger partial charge is 0.373 e. The van der Waals surface area contributed by atoms with Gasteiger partial charge in [-0.3, -0.25) is 4.68 Å². The molecule has 5 heteroatoms. The first-order chi connectivity index (χ1) is 10.8. The molecule has 0 aliphatic carbocycles. The van der Waals surface area contributed by atoms with Crippen LogP contribution in [0.2, 0.25) is 0 Å². The van der Waals surface area contributed by atoms with Gasteiger partial charge in [0.2, 0.25) is 0 Å². The first-order valence-corrected chi connectivity index (χ1v) is 8.21. The van der Waals surface area contributed by atoms with Crippen LogP contribution < -0.4 is 11.1 Å². The number of nitrogens with zero attached hydrogens (tertiary/aromatic N) is 2. The van der Waals surface area contributed by atoms with Crippen molar-refractivity contribution >= 4 is 16.3 Å². The first kappa shape index (κ1) is 14.8. The van der Waals surface area contributed by atoms with Crippen molar-refractivity contribution in [3.8, 4) is 11.3 Å². The quantitative estimate of drug-likeness (QED) is 0.735. The van der Waals surface area contributed by atoms with E-state index in [1.54, 1.807) is 11.3 Å². The fourth-order valence-corrected chi connectivity index (χ4v) is 3.37. The summed E-state index contributed by atoms with van der Waals surface area (Å²) in [6.07, 6.45) is 2.74. The zero-order chi connectivity index (χ0) is 15.4. The van der Waals surface area contributed by atoms with Crippen LogP contribution in [-0.2, 0) is 13.5 Å². The van der Waals surface area contributed by atoms with Crippen molar-refractivity contribution in [2.24, 2.45) is 12.8 Å². The average Bonchev–Trinajstić information content (AvgIpc) is 3.16. The highest BCUT2D eigenvalue weighted by molar-refractivity contribution is 7.14. The number of hydrogen-bond acceptors (Lipinski definition) is 4. The second-order valence-corrected chi connectivity index (χ2v) is 6.22. The number of hydrogen-bond donors (Lipinski definition) is 2. The smallest absolute Gasteiger partial charge is 0.0892 e. The molecule has 0 radical (unpaired) electrons. The van der Waals surface area contributed by atoms with E-state index >= 15 is 0 Å². The van der Waals surface area contributed by atoms with Crippen molar-refractivity contribution in [2.45, 2.75) is 12.5 Å². The highest BCUT2D eigenvalue weighted by Crippen LogP contribution is 2.29. The summed E-state index contributed by atoms with van der Waals surface area (Å²) in [5.41, 5.74) is 9.53. The maximum atomic E-state index is 5.92. The van der Waals surface area contributed by atoms with E-state index in [-0.39, 0.29) is 6.04 Å². The van der Waals surface area contributed by atoms with E-state index in [4.69, 9.17) is 5.73 Å². The summed E-state index contributed by atoms with van der Waals surface area (Å²) >= 11 is 1.70. The SMILES string of the molecule is Cn1nccc1-c1csc(NC(CN)Cc2ccccc2)c1. The van der Waals surface area contributed by atoms with Gasteiger partial charge in [0.25, 0.3) is 0 Å². The molecule has 0 amide bonds. The average molecular weight is 312 g/mol. The Hall–Kier alpha value is -2.11. The molecular formula is C17H20N4S. The van der Waals surface area contributed by atoms with Gasteiger partial charge in [0.1, 0.15) is 0 Å². The molecule has 0 spiro atoms. The predicted octanol–water partition coefficient (Wildman–Crippen LogP) is 3.13. The van der Waals surface area contributed by atoms with Crippen LogP contribution in [0.4, 0.5) is 5.00 Å². The fraction of sp³-hybridized carbons (Fsp3) is 0.235. The van der Waals surface area contributed by atoms with Crippen molar-refractivity contribution in [3.63, 3.8) is 0 Å². The molecule has 1 atom stereocenters. The Morgan fingerprint density at radius 2 is 2.09 bits per heavy atom. The number of nitrogens with one attached hydrogen (secondary N) is 1. The van der Waals surface area contributed by atoms with Gasteiger partial charge >= 0.3 is 0 Å². The van der Waals surface area contributed by atoms with E-state index in [0.29, 0.717) is 6.54 Å². The Balaban J connectivity index is 1.69. The van der Waals surface area contributed by atoms with Crippen LogP contribution in [0.3, 0.4) is 0 Å². The zero-order valence-electron chi connectivity index (χ0n) is 12.6. The van der Waals surface area contributed by atoms with Crippen LogP contribution in [0, 0.1) is 0 Å². The molecule has 3 rings (SSSR count). The van der Waals surface area contributed by atoms with Gasteiger partial charge in [0.05, 0.1) is 10.7 Å². The highest BCUT2D eigenvalue weighted by Gasteiger charge is 2.11. The van der Waals surface area contributed by atoms with Crippen LogP contribution in [0.1, 0.15) is 5.56 Å². The first-order valence-electron chi connectivity index (χ1n) is 7.33. The number of nitrogens with two attached hydrogens (primary N) is 1. The second kappa shape index (κ2) is 6.77. The molecule has 1 unspecified atom stereocenters. The fourth-order valence-electron chi connectivity index (χ4n) is 2.50. The van der Waals surface area contributed by atoms with E-state index in [1.807, 2.05) is 30.1 Å². The summed E-state index contributed by atoms with van der Waals surface area (Å²) in [5, 5.41) is 11.0. The maximum Gasteiger partial charge on any atom is 0.0892 e. The monoisotopic (exact) mass is 312 g/mol. The number of thiophene rings is 1. The zero-order valence-corrected chi connectivity index (χ0v) is 13.4. The van der Waals surface area contributed by atoms with E-state index in [2.05, 4.69) is 46.1 Å². The van der Waals surface area contributed by atoms with Crippen LogP contribution in [0.15, 0.2) is 54.0 Å². The molecule has 2 aromatic heterocycles. The Morgan fingerprint density at radius 3 is 2.77 bits per heavy atom. The molecular weight excluding hydrogens is 292 g/mol. The molecule has 3 aromatic rings. The van der Waals surface area contributed by atoms with Crippen molar-refractivity contribution in [1.82, 2.24) is 9.78 Å². The Bertz CT molecular complexity index is 717. The summed E-state index contributed by atoms with van der Waals surface area (Å²) in [7, 11) is 1.96. The van der Waals surface area contributed by atoms with Gasteiger partial charge in [0, 0.05) is 36.8 Å². The standard InChI is InChI=1S/C17H20N4S/c1-21-16(7-8-19-21)14-10-17(22-12-14)20-15(11-18)9-13-5-3-2-4-6-13/h2-8,10,12,15,20H,9,11,18H2,1H3. The highest BCUT2D eigenvalue weighted by atomic mass is 32.1. The molecule has 0 fully saturated rings. The van der Waals surface area contributed by atoms with E-state index in [1.165, 1.54) is 11.1 Å². The minimum absolute atomic E-state index is 0.237. The van der Waals surface area contributed by atoms with Crippen LogP contribution in [-0.4, -0.2) is 22.4 Å². The van der Waals surface area contributed by atoms with Crippen LogP contribution in [0.5, 0.6) is 0 Å². The lowest BCUT2D eigenvalue weighted by Crippen LogP contribution is -2.30. The minimum atomic E-state index is 0.237. The number of aryl methyl sites for hydroxylation is 1. The van der Waals surface area contributed by atoms with Gasteiger partial charge in [-0.1, -0.05) is 30.3 Å². The molecule has 0 aliphatic rings. The van der Waals surface area contributed by atoms with Crippen molar-refractivity contribution in [3.05, 3.63) is 59.6 Å². The summed E-state index contributed by atoms with van der Waals surface area (Å²) in [5.74, 6) is 0. The molecule has 1 aromatic carbocycles. The predicted molar refractivity (Wildman–Crippen MR) is 93.1 cm³/mol. The molecule has 0 saturated heterocycles. The summed E-state index contributed by atoms with van der Waals surface area (Å²) in [6.45, 7) is 0.605. The lowest BCUT2D eigenvalue weighted by molar-refractivity contribution is 0.726. The summed E-state index contributed by atoms with van der Waals surface area (Å²) < 4.78 is 1.89. The normalized spacial score (nSPS) is 12.3. The van der Waals surface area contributed by atoms with E-state index in [0.717, 1.165) is 17.1 Å². The number of aromatic nitrogens is 2. The van der Waals surface area contributed by atoms with Gasteiger partial charge in [0.15, 0.2) is 0 Å². The third-order valence-corrected chi connectivity index (χ3v) is 4.53. The van der Waals surface area contributed by atoms with Gasteiger partial charge in [-0.15, -0.1) is 11.3 Å². The maximum absolute atomic E-state index is 5.92. The summed E-state index contributed by atoms with van der Waals surface area (Å²) in [4.78, 5) is 0. The summed E-state index contributed by atoms with van der Waals surface area (Å²) in [6, 6.07) is 14.9. The lowest BCUT2D eigenvalue weighted by atomic mass is 10.1. The third-order valence-electron chi connectivity index (χ3n) is 3.67. The molecule has 3 N–H and O–H groups in total. The van der Waals surface area contributed by atoms with Gasteiger partial charge < -0.3 is 11.1 Å². The van der Waals surface area contributed by atoms with Crippen molar-refractivity contribution in [1.29, 1.82) is 0 Å². The van der Waals surface area contributed by atoms with E-state index in [9.17, 15) is 0 Å². The molecule has 22 heavy (non-hydrogen) atoms. The minimum Gasteiger partial charge on any atom is -0.373 e. The molecule has 0 saturated carbocycles. The van der Waals surface area contributed by atoms with E-state index < -0.39 is 0 Å². The van der Waals surface area contributed by atoms with Crippen LogP contribution >= 0.6 is 11.3 Å². The molecule has 2 heterocycles.